The van der Waals surface area contributed by atoms with Gasteiger partial charge in [-0.15, -0.1) is 0 Å². The lowest BCUT2D eigenvalue weighted by molar-refractivity contribution is -0.0498. The Morgan fingerprint density at radius 2 is 1.73 bits per heavy atom. The lowest BCUT2D eigenvalue weighted by Crippen LogP contribution is -2.39. The van der Waals surface area contributed by atoms with Crippen LogP contribution in [0.3, 0.4) is 0 Å². The zero-order valence-corrected chi connectivity index (χ0v) is 17.4. The van der Waals surface area contributed by atoms with Gasteiger partial charge < -0.3 is 25.2 Å². The molecule has 3 N–H and O–H groups in total. The molecule has 6 nitrogen and oxygen atoms in total. The van der Waals surface area contributed by atoms with Crippen LogP contribution in [0.5, 0.6) is 11.5 Å². The summed E-state index contributed by atoms with van der Waals surface area (Å²) >= 11 is 0. The predicted octanol–water partition coefficient (Wildman–Crippen LogP) is 3.86. The molecule has 0 aromatic heterocycles. The average molecular weight is 421 g/mol. The Labute approximate surface area is 175 Å². The minimum Gasteiger partial charge on any atom is -0.491 e. The fraction of sp³-hybridized carbons (Fsp3) is 0.409. The Balaban J connectivity index is 1.98. The van der Waals surface area contributed by atoms with Gasteiger partial charge >= 0.3 is 6.61 Å². The van der Waals surface area contributed by atoms with E-state index in [2.05, 4.69) is 20.4 Å². The van der Waals surface area contributed by atoms with Crippen LogP contribution in [0.15, 0.2) is 53.5 Å². The van der Waals surface area contributed by atoms with Gasteiger partial charge in [0.05, 0.1) is 18.8 Å². The van der Waals surface area contributed by atoms with Crippen LogP contribution in [0.2, 0.25) is 0 Å². The smallest absolute Gasteiger partial charge is 0.387 e. The van der Waals surface area contributed by atoms with Crippen molar-refractivity contribution in [1.29, 1.82) is 0 Å². The summed E-state index contributed by atoms with van der Waals surface area (Å²) in [5.41, 5.74) is 1.46. The highest BCUT2D eigenvalue weighted by atomic mass is 19.3. The molecule has 0 amide bonds. The summed E-state index contributed by atoms with van der Waals surface area (Å²) in [6, 6.07) is 13.7. The van der Waals surface area contributed by atoms with Crippen LogP contribution in [0, 0.1) is 0 Å². The number of aliphatic hydroxyl groups excluding tert-OH is 1. The Kier molecular flexibility index (Phi) is 9.34. The minimum absolute atomic E-state index is 0.0487. The van der Waals surface area contributed by atoms with Gasteiger partial charge in [0.25, 0.3) is 0 Å². The SMILES string of the molecule is CCNC(=NCc1cccc(OC(F)F)c1)NCC(O)c1cccc(OC(C)C)c1. The average Bonchev–Trinajstić information content (AvgIpc) is 2.69. The van der Waals surface area contributed by atoms with Crippen molar-refractivity contribution in [2.24, 2.45) is 4.99 Å². The van der Waals surface area contributed by atoms with Crippen molar-refractivity contribution in [2.75, 3.05) is 13.1 Å². The number of ether oxygens (including phenoxy) is 2. The fourth-order valence-corrected chi connectivity index (χ4v) is 2.71. The Morgan fingerprint density at radius 1 is 1.03 bits per heavy atom. The van der Waals surface area contributed by atoms with E-state index in [-0.39, 0.29) is 24.9 Å². The highest BCUT2D eigenvalue weighted by molar-refractivity contribution is 5.79. The molecule has 2 aromatic carbocycles. The number of alkyl halides is 2. The van der Waals surface area contributed by atoms with E-state index in [0.29, 0.717) is 18.3 Å². The maximum absolute atomic E-state index is 12.4. The van der Waals surface area contributed by atoms with Gasteiger partial charge in [-0.3, -0.25) is 0 Å². The molecule has 0 spiro atoms. The first-order valence-electron chi connectivity index (χ1n) is 9.88. The number of guanidine groups is 1. The second-order valence-corrected chi connectivity index (χ2v) is 6.86. The first-order valence-corrected chi connectivity index (χ1v) is 9.88. The van der Waals surface area contributed by atoms with Crippen molar-refractivity contribution >= 4 is 5.96 Å². The lowest BCUT2D eigenvalue weighted by atomic mass is 10.1. The van der Waals surface area contributed by atoms with Crippen molar-refractivity contribution in [2.45, 2.75) is 46.1 Å². The van der Waals surface area contributed by atoms with Crippen molar-refractivity contribution in [3.8, 4) is 11.5 Å². The first-order chi connectivity index (χ1) is 14.4. The van der Waals surface area contributed by atoms with Crippen LogP contribution in [-0.2, 0) is 6.54 Å². The molecular weight excluding hydrogens is 392 g/mol. The summed E-state index contributed by atoms with van der Waals surface area (Å²) in [6.45, 7) is 4.09. The van der Waals surface area contributed by atoms with E-state index < -0.39 is 12.7 Å². The number of halogens is 2. The second kappa shape index (κ2) is 12.0. The molecule has 0 saturated carbocycles. The maximum Gasteiger partial charge on any atom is 0.387 e. The largest absolute Gasteiger partial charge is 0.491 e. The molecule has 0 heterocycles. The minimum atomic E-state index is -2.87. The molecule has 0 aliphatic heterocycles. The third-order valence-electron chi connectivity index (χ3n) is 3.97. The molecule has 0 aliphatic carbocycles. The Bertz CT molecular complexity index is 816. The highest BCUT2D eigenvalue weighted by Gasteiger charge is 2.10. The number of nitrogens with zero attached hydrogens (tertiary/aromatic N) is 1. The van der Waals surface area contributed by atoms with E-state index in [1.54, 1.807) is 12.1 Å². The van der Waals surface area contributed by atoms with Crippen LogP contribution < -0.4 is 20.1 Å². The van der Waals surface area contributed by atoms with Gasteiger partial charge in [-0.2, -0.15) is 8.78 Å². The van der Waals surface area contributed by atoms with E-state index in [9.17, 15) is 13.9 Å². The van der Waals surface area contributed by atoms with E-state index in [1.807, 2.05) is 45.0 Å². The fourth-order valence-electron chi connectivity index (χ4n) is 2.71. The van der Waals surface area contributed by atoms with Crippen molar-refractivity contribution in [3.63, 3.8) is 0 Å². The van der Waals surface area contributed by atoms with Crippen LogP contribution >= 0.6 is 0 Å². The van der Waals surface area contributed by atoms with Crippen LogP contribution in [-0.4, -0.2) is 36.9 Å². The summed E-state index contributed by atoms with van der Waals surface area (Å²) in [6.07, 6.45) is -0.708. The van der Waals surface area contributed by atoms with Gasteiger partial charge in [0.15, 0.2) is 5.96 Å². The molecule has 0 radical (unpaired) electrons. The number of hydrogen-bond donors (Lipinski definition) is 3. The van der Waals surface area contributed by atoms with Crippen molar-refractivity contribution in [1.82, 2.24) is 10.6 Å². The first kappa shape index (κ1) is 23.4. The number of rotatable bonds is 10. The molecular formula is C22H29F2N3O3. The monoisotopic (exact) mass is 421 g/mol. The molecule has 0 aliphatic rings. The van der Waals surface area contributed by atoms with Gasteiger partial charge in [-0.25, -0.2) is 4.99 Å². The number of aliphatic hydroxyl groups is 1. The van der Waals surface area contributed by atoms with Crippen LogP contribution in [0.25, 0.3) is 0 Å². The molecule has 1 atom stereocenters. The zero-order chi connectivity index (χ0) is 21.9. The van der Waals surface area contributed by atoms with Crippen LogP contribution in [0.1, 0.15) is 38.0 Å². The third-order valence-corrected chi connectivity index (χ3v) is 3.97. The topological polar surface area (TPSA) is 75.1 Å². The van der Waals surface area contributed by atoms with E-state index in [1.165, 1.54) is 12.1 Å². The summed E-state index contributed by atoms with van der Waals surface area (Å²) in [5, 5.41) is 16.7. The number of aliphatic imine (C=N–C) groups is 1. The van der Waals surface area contributed by atoms with E-state index in [4.69, 9.17) is 4.74 Å². The molecule has 0 fully saturated rings. The summed E-state index contributed by atoms with van der Waals surface area (Å²) in [7, 11) is 0. The van der Waals surface area contributed by atoms with Crippen molar-refractivity contribution < 1.29 is 23.4 Å². The molecule has 8 heteroatoms. The van der Waals surface area contributed by atoms with Gasteiger partial charge in [0, 0.05) is 13.1 Å². The van der Waals surface area contributed by atoms with Crippen LogP contribution in [0.4, 0.5) is 8.78 Å². The predicted molar refractivity (Wildman–Crippen MR) is 113 cm³/mol. The van der Waals surface area contributed by atoms with Crippen molar-refractivity contribution in [3.05, 3.63) is 59.7 Å². The summed E-state index contributed by atoms with van der Waals surface area (Å²) < 4.78 is 34.8. The Morgan fingerprint density at radius 3 is 2.40 bits per heavy atom. The van der Waals surface area contributed by atoms with Gasteiger partial charge in [0.2, 0.25) is 0 Å². The Hall–Kier alpha value is -2.87. The maximum atomic E-state index is 12.4. The van der Waals surface area contributed by atoms with Gasteiger partial charge in [-0.05, 0) is 56.2 Å². The quantitative estimate of drug-likeness (QED) is 0.401. The zero-order valence-electron chi connectivity index (χ0n) is 17.4. The normalized spacial score (nSPS) is 12.7. The van der Waals surface area contributed by atoms with E-state index >= 15 is 0 Å². The highest BCUT2D eigenvalue weighted by Crippen LogP contribution is 2.20. The standard InChI is InChI=1S/C22H29F2N3O3/c1-4-25-22(26-13-16-7-5-9-18(11-16)30-21(23)24)27-14-20(28)17-8-6-10-19(12-17)29-15(2)3/h5-12,15,20-21,28H,4,13-14H2,1-3H3,(H2,25,26,27). The molecule has 0 bridgehead atoms. The number of benzene rings is 2. The molecule has 30 heavy (non-hydrogen) atoms. The van der Waals surface area contributed by atoms with E-state index in [0.717, 1.165) is 11.1 Å². The molecule has 2 aromatic rings. The number of nitrogens with one attached hydrogen (secondary N) is 2. The number of hydrogen-bond acceptors (Lipinski definition) is 4. The molecule has 0 saturated heterocycles. The molecule has 1 unspecified atom stereocenters. The third kappa shape index (κ3) is 8.24. The molecule has 2 rings (SSSR count). The van der Waals surface area contributed by atoms with Gasteiger partial charge in [-0.1, -0.05) is 24.3 Å². The molecule has 164 valence electrons. The lowest BCUT2D eigenvalue weighted by Gasteiger charge is -2.17. The second-order valence-electron chi connectivity index (χ2n) is 6.86. The van der Waals surface area contributed by atoms with Gasteiger partial charge in [0.1, 0.15) is 11.5 Å². The summed E-state index contributed by atoms with van der Waals surface area (Å²) in [4.78, 5) is 4.44. The summed E-state index contributed by atoms with van der Waals surface area (Å²) in [5.74, 6) is 1.30.